The first kappa shape index (κ1) is 14.0. The molecule has 6 heteroatoms. The van der Waals surface area contributed by atoms with Crippen LogP contribution in [0.1, 0.15) is 30.3 Å². The van der Waals surface area contributed by atoms with Crippen molar-refractivity contribution in [3.8, 4) is 0 Å². The number of rotatable bonds is 6. The van der Waals surface area contributed by atoms with Crippen molar-refractivity contribution in [1.82, 2.24) is 10.2 Å². The number of nitrogens with zero attached hydrogens (tertiary/aromatic N) is 3. The van der Waals surface area contributed by atoms with E-state index in [-0.39, 0.29) is 11.7 Å². The number of carbonyl (C=O) groups is 1. The maximum Gasteiger partial charge on any atom is 0.292 e. The molecule has 2 aromatic heterocycles. The van der Waals surface area contributed by atoms with Gasteiger partial charge in [0.15, 0.2) is 17.4 Å². The van der Waals surface area contributed by atoms with Crippen LogP contribution < -0.4 is 10.2 Å². The summed E-state index contributed by atoms with van der Waals surface area (Å²) in [6, 6.07) is 6.81. The zero-order chi connectivity index (χ0) is 14.4. The van der Waals surface area contributed by atoms with Crippen molar-refractivity contribution >= 4 is 17.5 Å². The van der Waals surface area contributed by atoms with Gasteiger partial charge in [0.05, 0.1) is 6.26 Å². The summed E-state index contributed by atoms with van der Waals surface area (Å²) in [5.41, 5.74) is 0. The van der Waals surface area contributed by atoms with E-state index in [1.165, 1.54) is 6.26 Å². The molecule has 0 bridgehead atoms. The van der Waals surface area contributed by atoms with Gasteiger partial charge in [0.1, 0.15) is 0 Å². The molecular formula is C14H18N4O2. The Hall–Kier alpha value is -2.37. The van der Waals surface area contributed by atoms with Crippen molar-refractivity contribution in [2.75, 3.05) is 23.8 Å². The molecular weight excluding hydrogens is 256 g/mol. The molecule has 0 saturated carbocycles. The van der Waals surface area contributed by atoms with Gasteiger partial charge in [0.2, 0.25) is 0 Å². The Morgan fingerprint density at radius 2 is 2.20 bits per heavy atom. The standard InChI is InChI=1S/C14H18N4O2/c1-3-4-9-18(2)13-8-7-12(16-17-13)15-14(19)11-6-5-10-20-11/h5-8,10H,3-4,9H2,1-2H3,(H,15,16,19). The minimum Gasteiger partial charge on any atom is -0.459 e. The second-order valence-electron chi connectivity index (χ2n) is 4.48. The van der Waals surface area contributed by atoms with E-state index in [1.54, 1.807) is 18.2 Å². The SMILES string of the molecule is CCCCN(C)c1ccc(NC(=O)c2ccco2)nn1. The molecule has 0 aliphatic rings. The average Bonchev–Trinajstić information content (AvgIpc) is 3.00. The summed E-state index contributed by atoms with van der Waals surface area (Å²) in [6.45, 7) is 3.08. The van der Waals surface area contributed by atoms with E-state index in [0.29, 0.717) is 5.82 Å². The predicted octanol–water partition coefficient (Wildman–Crippen LogP) is 2.56. The molecule has 0 unspecified atom stereocenters. The Labute approximate surface area is 117 Å². The van der Waals surface area contributed by atoms with Gasteiger partial charge >= 0.3 is 0 Å². The maximum absolute atomic E-state index is 11.8. The Bertz CT molecular complexity index is 537. The summed E-state index contributed by atoms with van der Waals surface area (Å²) in [7, 11) is 1.97. The van der Waals surface area contributed by atoms with E-state index >= 15 is 0 Å². The van der Waals surface area contributed by atoms with Crippen LogP contribution >= 0.6 is 0 Å². The van der Waals surface area contributed by atoms with Gasteiger partial charge in [-0.15, -0.1) is 10.2 Å². The van der Waals surface area contributed by atoms with Crippen molar-refractivity contribution in [2.24, 2.45) is 0 Å². The van der Waals surface area contributed by atoms with Crippen LogP contribution in [0, 0.1) is 0 Å². The van der Waals surface area contributed by atoms with Crippen LogP contribution in [-0.4, -0.2) is 29.7 Å². The first-order valence-corrected chi connectivity index (χ1v) is 6.60. The van der Waals surface area contributed by atoms with Crippen molar-refractivity contribution in [2.45, 2.75) is 19.8 Å². The van der Waals surface area contributed by atoms with Crippen LogP contribution in [0.3, 0.4) is 0 Å². The summed E-state index contributed by atoms with van der Waals surface area (Å²) in [5.74, 6) is 1.10. The van der Waals surface area contributed by atoms with Crippen molar-refractivity contribution in [1.29, 1.82) is 0 Å². The number of hydrogen-bond donors (Lipinski definition) is 1. The molecule has 0 atom stereocenters. The van der Waals surface area contributed by atoms with Gasteiger partial charge in [-0.1, -0.05) is 13.3 Å². The molecule has 0 saturated heterocycles. The van der Waals surface area contributed by atoms with Crippen molar-refractivity contribution in [3.05, 3.63) is 36.3 Å². The van der Waals surface area contributed by atoms with Gasteiger partial charge in [0.25, 0.3) is 5.91 Å². The molecule has 0 spiro atoms. The fourth-order valence-electron chi connectivity index (χ4n) is 1.69. The van der Waals surface area contributed by atoms with E-state index in [4.69, 9.17) is 4.42 Å². The number of carbonyl (C=O) groups excluding carboxylic acids is 1. The van der Waals surface area contributed by atoms with Gasteiger partial charge in [-0.25, -0.2) is 0 Å². The number of hydrogen-bond acceptors (Lipinski definition) is 5. The van der Waals surface area contributed by atoms with Crippen LogP contribution in [0.4, 0.5) is 11.6 Å². The van der Waals surface area contributed by atoms with Crippen LogP contribution in [0.15, 0.2) is 34.9 Å². The van der Waals surface area contributed by atoms with Gasteiger partial charge < -0.3 is 14.6 Å². The molecule has 1 amide bonds. The number of unbranched alkanes of at least 4 members (excludes halogenated alkanes) is 1. The third-order valence-corrected chi connectivity index (χ3v) is 2.88. The van der Waals surface area contributed by atoms with Crippen molar-refractivity contribution in [3.63, 3.8) is 0 Å². The van der Waals surface area contributed by atoms with Crippen LogP contribution in [0.5, 0.6) is 0 Å². The zero-order valence-corrected chi connectivity index (χ0v) is 11.7. The van der Waals surface area contributed by atoms with Gasteiger partial charge in [-0.2, -0.15) is 0 Å². The molecule has 0 aliphatic heterocycles. The monoisotopic (exact) mass is 274 g/mol. The summed E-state index contributed by atoms with van der Waals surface area (Å²) >= 11 is 0. The largest absolute Gasteiger partial charge is 0.459 e. The Morgan fingerprint density at radius 3 is 2.80 bits per heavy atom. The molecule has 1 N–H and O–H groups in total. The summed E-state index contributed by atoms with van der Waals surface area (Å²) < 4.78 is 5.01. The number of furan rings is 1. The second-order valence-corrected chi connectivity index (χ2v) is 4.48. The van der Waals surface area contributed by atoms with Crippen LogP contribution in [-0.2, 0) is 0 Å². The van der Waals surface area contributed by atoms with Gasteiger partial charge in [-0.05, 0) is 30.7 Å². The predicted molar refractivity (Wildman–Crippen MR) is 76.9 cm³/mol. The van der Waals surface area contributed by atoms with Gasteiger partial charge in [-0.3, -0.25) is 4.79 Å². The Morgan fingerprint density at radius 1 is 1.35 bits per heavy atom. The molecule has 6 nitrogen and oxygen atoms in total. The summed E-state index contributed by atoms with van der Waals surface area (Å²) in [5, 5.41) is 10.7. The van der Waals surface area contributed by atoms with E-state index in [2.05, 4.69) is 22.4 Å². The number of amides is 1. The molecule has 2 rings (SSSR count). The molecule has 0 aliphatic carbocycles. The molecule has 2 aromatic rings. The number of anilines is 2. The van der Waals surface area contributed by atoms with Gasteiger partial charge in [0, 0.05) is 13.6 Å². The van der Waals surface area contributed by atoms with E-state index in [0.717, 1.165) is 25.2 Å². The Balaban J connectivity index is 1.96. The third kappa shape index (κ3) is 3.57. The molecule has 0 fully saturated rings. The highest BCUT2D eigenvalue weighted by atomic mass is 16.3. The highest BCUT2D eigenvalue weighted by molar-refractivity contribution is 6.01. The smallest absolute Gasteiger partial charge is 0.292 e. The fourth-order valence-corrected chi connectivity index (χ4v) is 1.69. The summed E-state index contributed by atoms with van der Waals surface area (Å²) in [4.78, 5) is 13.8. The highest BCUT2D eigenvalue weighted by Gasteiger charge is 2.10. The zero-order valence-electron chi connectivity index (χ0n) is 11.7. The van der Waals surface area contributed by atoms with E-state index < -0.39 is 0 Å². The lowest BCUT2D eigenvalue weighted by Crippen LogP contribution is -2.20. The first-order valence-electron chi connectivity index (χ1n) is 6.60. The summed E-state index contributed by atoms with van der Waals surface area (Å²) in [6.07, 6.45) is 3.69. The van der Waals surface area contributed by atoms with Crippen LogP contribution in [0.25, 0.3) is 0 Å². The maximum atomic E-state index is 11.8. The molecule has 0 aromatic carbocycles. The quantitative estimate of drug-likeness (QED) is 0.876. The topological polar surface area (TPSA) is 71.3 Å². The average molecular weight is 274 g/mol. The normalized spacial score (nSPS) is 10.3. The highest BCUT2D eigenvalue weighted by Crippen LogP contribution is 2.12. The second kappa shape index (κ2) is 6.70. The Kier molecular flexibility index (Phi) is 4.70. The lowest BCUT2D eigenvalue weighted by molar-refractivity contribution is 0.0996. The lowest BCUT2D eigenvalue weighted by Gasteiger charge is -2.16. The molecule has 20 heavy (non-hydrogen) atoms. The fraction of sp³-hybridized carbons (Fsp3) is 0.357. The van der Waals surface area contributed by atoms with E-state index in [9.17, 15) is 4.79 Å². The minimum atomic E-state index is -0.337. The molecule has 106 valence electrons. The third-order valence-electron chi connectivity index (χ3n) is 2.88. The minimum absolute atomic E-state index is 0.246. The lowest BCUT2D eigenvalue weighted by atomic mass is 10.3. The van der Waals surface area contributed by atoms with E-state index in [1.807, 2.05) is 18.0 Å². The number of nitrogens with one attached hydrogen (secondary N) is 1. The van der Waals surface area contributed by atoms with Crippen LogP contribution in [0.2, 0.25) is 0 Å². The number of aromatic nitrogens is 2. The molecule has 2 heterocycles. The first-order chi connectivity index (χ1) is 9.70. The van der Waals surface area contributed by atoms with Crippen molar-refractivity contribution < 1.29 is 9.21 Å². The molecule has 0 radical (unpaired) electrons.